The van der Waals surface area contributed by atoms with E-state index >= 15 is 0 Å². The maximum absolute atomic E-state index is 10.0. The summed E-state index contributed by atoms with van der Waals surface area (Å²) in [6, 6.07) is 1.68. The monoisotopic (exact) mass is 139 g/mol. The van der Waals surface area contributed by atoms with Gasteiger partial charge in [0.05, 0.1) is 5.69 Å². The predicted molar refractivity (Wildman–Crippen MR) is 32.0 cm³/mol. The zero-order valence-corrected chi connectivity index (χ0v) is 5.55. The van der Waals surface area contributed by atoms with Crippen molar-refractivity contribution in [1.29, 1.82) is 0 Å². The molecule has 54 valence electrons. The molecule has 0 spiro atoms. The van der Waals surface area contributed by atoms with Gasteiger partial charge in [-0.1, -0.05) is 0 Å². The molecule has 0 fully saturated rings. The van der Waals surface area contributed by atoms with Crippen molar-refractivity contribution in [1.82, 2.24) is 10.2 Å². The molecule has 1 rings (SSSR count). The number of aliphatic carboxylic acids is 1. The molecule has 0 aliphatic rings. The van der Waals surface area contributed by atoms with Gasteiger partial charge in [-0.3, -0.25) is 5.10 Å². The number of rotatable bonds is 2. The second kappa shape index (κ2) is 2.51. The molecular formula is C6H7N2O2-. The highest BCUT2D eigenvalue weighted by atomic mass is 16.4. The van der Waals surface area contributed by atoms with Crippen LogP contribution < -0.4 is 5.11 Å². The zero-order valence-electron chi connectivity index (χ0n) is 5.55. The molecule has 0 saturated heterocycles. The number of carboxylic acids is 1. The van der Waals surface area contributed by atoms with Crippen LogP contribution in [-0.4, -0.2) is 16.2 Å². The molecule has 10 heavy (non-hydrogen) atoms. The molecule has 0 radical (unpaired) electrons. The van der Waals surface area contributed by atoms with Gasteiger partial charge in [-0.15, -0.1) is 0 Å². The van der Waals surface area contributed by atoms with Crippen LogP contribution in [0.3, 0.4) is 0 Å². The van der Waals surface area contributed by atoms with Crippen molar-refractivity contribution >= 4 is 5.97 Å². The lowest BCUT2D eigenvalue weighted by atomic mass is 10.3. The van der Waals surface area contributed by atoms with Gasteiger partial charge in [0.15, 0.2) is 0 Å². The first-order valence-electron chi connectivity index (χ1n) is 2.89. The van der Waals surface area contributed by atoms with Crippen molar-refractivity contribution in [3.8, 4) is 0 Å². The van der Waals surface area contributed by atoms with Gasteiger partial charge in [-0.25, -0.2) is 0 Å². The number of aromatic nitrogens is 2. The number of H-pyrrole nitrogens is 1. The Labute approximate surface area is 57.9 Å². The van der Waals surface area contributed by atoms with Crippen LogP contribution in [0.25, 0.3) is 0 Å². The Morgan fingerprint density at radius 2 is 2.60 bits per heavy atom. The summed E-state index contributed by atoms with van der Waals surface area (Å²) in [5.74, 6) is -1.11. The van der Waals surface area contributed by atoms with E-state index in [4.69, 9.17) is 0 Å². The van der Waals surface area contributed by atoms with Crippen molar-refractivity contribution in [2.75, 3.05) is 0 Å². The fourth-order valence-corrected chi connectivity index (χ4v) is 0.713. The smallest absolute Gasteiger partial charge is 0.0680 e. The van der Waals surface area contributed by atoms with Crippen molar-refractivity contribution in [3.63, 3.8) is 0 Å². The molecule has 1 N–H and O–H groups in total. The van der Waals surface area contributed by atoms with Gasteiger partial charge in [0.25, 0.3) is 0 Å². The summed E-state index contributed by atoms with van der Waals surface area (Å²) in [6.07, 6.45) is -0.121. The lowest BCUT2D eigenvalue weighted by Crippen LogP contribution is -2.24. The Morgan fingerprint density at radius 3 is 3.00 bits per heavy atom. The van der Waals surface area contributed by atoms with Crippen LogP contribution in [0, 0.1) is 6.92 Å². The van der Waals surface area contributed by atoms with Crippen LogP contribution in [0.4, 0.5) is 0 Å². The van der Waals surface area contributed by atoms with E-state index in [9.17, 15) is 9.90 Å². The maximum Gasteiger partial charge on any atom is 0.0680 e. The van der Waals surface area contributed by atoms with Crippen molar-refractivity contribution in [2.24, 2.45) is 0 Å². The lowest BCUT2D eigenvalue weighted by molar-refractivity contribution is -0.304. The van der Waals surface area contributed by atoms with E-state index in [1.165, 1.54) is 0 Å². The first-order chi connectivity index (χ1) is 4.68. The minimum atomic E-state index is -1.11. The summed E-state index contributed by atoms with van der Waals surface area (Å²) in [6.45, 7) is 1.81. The van der Waals surface area contributed by atoms with E-state index < -0.39 is 5.97 Å². The summed E-state index contributed by atoms with van der Waals surface area (Å²) in [7, 11) is 0. The van der Waals surface area contributed by atoms with E-state index in [0.29, 0.717) is 5.69 Å². The van der Waals surface area contributed by atoms with E-state index in [0.717, 1.165) is 5.69 Å². The average molecular weight is 139 g/mol. The van der Waals surface area contributed by atoms with Gasteiger partial charge >= 0.3 is 0 Å². The van der Waals surface area contributed by atoms with Crippen molar-refractivity contribution < 1.29 is 9.90 Å². The minimum Gasteiger partial charge on any atom is -0.550 e. The van der Waals surface area contributed by atoms with E-state index in [1.54, 1.807) is 6.07 Å². The molecular weight excluding hydrogens is 132 g/mol. The number of hydrogen-bond acceptors (Lipinski definition) is 3. The predicted octanol–water partition coefficient (Wildman–Crippen LogP) is -0.989. The molecule has 1 aromatic heterocycles. The number of aromatic amines is 1. The standard InChI is InChI=1S/C6H8N2O2/c1-4-2-5(8-7-4)3-6(9)10/h2H,3H2,1H3,(H,7,8)(H,9,10)/p-1. The topological polar surface area (TPSA) is 68.8 Å². The van der Waals surface area contributed by atoms with Crippen LogP contribution >= 0.6 is 0 Å². The molecule has 0 atom stereocenters. The van der Waals surface area contributed by atoms with Crippen LogP contribution in [0.5, 0.6) is 0 Å². The largest absolute Gasteiger partial charge is 0.550 e. The number of carbonyl (C=O) groups excluding carboxylic acids is 1. The Bertz CT molecular complexity index is 242. The minimum absolute atomic E-state index is 0.121. The van der Waals surface area contributed by atoms with Gasteiger partial charge in [0.1, 0.15) is 0 Å². The van der Waals surface area contributed by atoms with Crippen LogP contribution in [0.15, 0.2) is 6.07 Å². The summed E-state index contributed by atoms with van der Waals surface area (Å²) in [5, 5.41) is 16.4. The molecule has 0 bridgehead atoms. The third-order valence-corrected chi connectivity index (χ3v) is 1.08. The summed E-state index contributed by atoms with van der Waals surface area (Å²) in [5.41, 5.74) is 1.37. The first-order valence-corrected chi connectivity index (χ1v) is 2.89. The molecule has 0 saturated carbocycles. The van der Waals surface area contributed by atoms with Gasteiger partial charge < -0.3 is 9.90 Å². The summed E-state index contributed by atoms with van der Waals surface area (Å²) < 4.78 is 0. The third kappa shape index (κ3) is 1.58. The third-order valence-electron chi connectivity index (χ3n) is 1.08. The Kier molecular flexibility index (Phi) is 1.71. The second-order valence-corrected chi connectivity index (χ2v) is 2.09. The van der Waals surface area contributed by atoms with Gasteiger partial charge in [-0.05, 0) is 13.0 Å². The second-order valence-electron chi connectivity index (χ2n) is 2.09. The van der Waals surface area contributed by atoms with E-state index in [1.807, 2.05) is 6.92 Å². The molecule has 0 aromatic carbocycles. The highest BCUT2D eigenvalue weighted by Gasteiger charge is 1.95. The maximum atomic E-state index is 10.0. The molecule has 4 heteroatoms. The summed E-state index contributed by atoms with van der Waals surface area (Å²) in [4.78, 5) is 10.0. The quantitative estimate of drug-likeness (QED) is 0.572. The Hall–Kier alpha value is -1.32. The average Bonchev–Trinajstić information content (AvgIpc) is 2.13. The van der Waals surface area contributed by atoms with Crippen LogP contribution in [0.1, 0.15) is 11.4 Å². The number of carbonyl (C=O) groups is 1. The van der Waals surface area contributed by atoms with E-state index in [-0.39, 0.29) is 6.42 Å². The SMILES string of the molecule is Cc1cc(CC(=O)[O-])n[nH]1. The molecule has 1 heterocycles. The van der Waals surface area contributed by atoms with E-state index in [2.05, 4.69) is 10.2 Å². The van der Waals surface area contributed by atoms with Gasteiger partial charge in [0, 0.05) is 18.1 Å². The number of carboxylic acid groups (broad SMARTS) is 1. The van der Waals surface area contributed by atoms with Gasteiger partial charge in [0.2, 0.25) is 0 Å². The van der Waals surface area contributed by atoms with Gasteiger partial charge in [-0.2, -0.15) is 5.10 Å². The number of nitrogens with zero attached hydrogens (tertiary/aromatic N) is 1. The Balaban J connectivity index is 2.67. The number of nitrogens with one attached hydrogen (secondary N) is 1. The molecule has 4 nitrogen and oxygen atoms in total. The first kappa shape index (κ1) is 6.80. The molecule has 0 aliphatic heterocycles. The van der Waals surface area contributed by atoms with Crippen LogP contribution in [0.2, 0.25) is 0 Å². The number of hydrogen-bond donors (Lipinski definition) is 1. The van der Waals surface area contributed by atoms with Crippen molar-refractivity contribution in [3.05, 3.63) is 17.5 Å². The Morgan fingerprint density at radius 1 is 1.90 bits per heavy atom. The normalized spacial score (nSPS) is 9.70. The molecule has 0 unspecified atom stereocenters. The zero-order chi connectivity index (χ0) is 7.56. The molecule has 0 amide bonds. The number of aryl methyl sites for hydroxylation is 1. The highest BCUT2D eigenvalue weighted by molar-refractivity contribution is 5.67. The highest BCUT2D eigenvalue weighted by Crippen LogP contribution is 1.96. The van der Waals surface area contributed by atoms with Crippen molar-refractivity contribution in [2.45, 2.75) is 13.3 Å². The molecule has 0 aliphatic carbocycles. The fourth-order valence-electron chi connectivity index (χ4n) is 0.713. The fraction of sp³-hybridized carbons (Fsp3) is 0.333. The lowest BCUT2D eigenvalue weighted by Gasteiger charge is -1.94. The van der Waals surface area contributed by atoms with Crippen LogP contribution in [-0.2, 0) is 11.2 Å². The molecule has 1 aromatic rings. The summed E-state index contributed by atoms with van der Waals surface area (Å²) >= 11 is 0.